The number of unbranched alkanes of at least 4 members (excludes halogenated alkanes) is 2. The first-order chi connectivity index (χ1) is 11.1. The third-order valence-electron chi connectivity index (χ3n) is 6.08. The number of hydrogen-bond donors (Lipinski definition) is 2. The van der Waals surface area contributed by atoms with E-state index in [4.69, 9.17) is 15.2 Å². The van der Waals surface area contributed by atoms with Gasteiger partial charge in [-0.2, -0.15) is 10.5 Å². The van der Waals surface area contributed by atoms with E-state index in [0.717, 1.165) is 38.5 Å². The lowest BCUT2D eigenvalue weighted by atomic mass is 9.80. The molecule has 0 aromatic rings. The van der Waals surface area contributed by atoms with Crippen molar-refractivity contribution in [1.82, 2.24) is 0 Å². The monoisotopic (exact) mass is 317 g/mol. The number of amidine groups is 1. The number of nitrogens with one attached hydrogen (secondary N) is 1. The Morgan fingerprint density at radius 2 is 1.65 bits per heavy atom. The summed E-state index contributed by atoms with van der Waals surface area (Å²) < 4.78 is 11.7. The van der Waals surface area contributed by atoms with Gasteiger partial charge in [0.2, 0.25) is 0 Å². The highest BCUT2D eigenvalue weighted by molar-refractivity contribution is 5.95. The van der Waals surface area contributed by atoms with Gasteiger partial charge in [0.1, 0.15) is 0 Å². The van der Waals surface area contributed by atoms with E-state index in [-0.39, 0.29) is 0 Å². The molecule has 0 aromatic heterocycles. The van der Waals surface area contributed by atoms with Crippen LogP contribution in [0.5, 0.6) is 0 Å². The summed E-state index contributed by atoms with van der Waals surface area (Å²) in [6, 6.07) is 4.85. The molecule has 2 fully saturated rings. The van der Waals surface area contributed by atoms with Crippen LogP contribution < -0.4 is 10.7 Å². The van der Waals surface area contributed by atoms with Crippen LogP contribution in [0.25, 0.3) is 0 Å². The molecule has 0 radical (unpaired) electrons. The third kappa shape index (κ3) is 1.47. The smallest absolute Gasteiger partial charge is 0.311 e. The summed E-state index contributed by atoms with van der Waals surface area (Å²) in [5, 5.41) is 20.2. The van der Waals surface area contributed by atoms with Crippen LogP contribution in [0.1, 0.15) is 52.4 Å². The number of nitrogens with zero attached hydrogens (tertiary/aromatic N) is 2. The molecule has 2 atom stereocenters. The maximum absolute atomic E-state index is 10.2. The molecule has 1 aliphatic carbocycles. The molecule has 23 heavy (non-hydrogen) atoms. The van der Waals surface area contributed by atoms with E-state index in [1.807, 2.05) is 0 Å². The Kier molecular flexibility index (Phi) is 3.66. The predicted octanol–water partition coefficient (Wildman–Crippen LogP) is 0.539. The molecule has 2 heterocycles. The van der Waals surface area contributed by atoms with Crippen LogP contribution in [-0.2, 0) is 9.47 Å². The molecule has 3 rings (SSSR count). The Hall–Kier alpha value is -1.63. The zero-order valence-corrected chi connectivity index (χ0v) is 13.9. The lowest BCUT2D eigenvalue weighted by molar-refractivity contribution is -0.678. The van der Waals surface area contributed by atoms with Crippen LogP contribution in [0.3, 0.4) is 0 Å². The zero-order chi connectivity index (χ0) is 16.8. The number of nitrogens with two attached hydrogens (primary N) is 1. The van der Waals surface area contributed by atoms with Gasteiger partial charge in [-0.3, -0.25) is 5.73 Å². The van der Waals surface area contributed by atoms with Crippen molar-refractivity contribution in [2.75, 3.05) is 13.2 Å². The number of ether oxygens (including phenoxy) is 2. The molecule has 3 aliphatic rings. The number of rotatable bonds is 6. The van der Waals surface area contributed by atoms with Gasteiger partial charge in [0, 0.05) is 5.41 Å². The number of hydrogen-bond acceptors (Lipinski definition) is 5. The fourth-order valence-electron chi connectivity index (χ4n) is 5.13. The Labute approximate surface area is 137 Å². The Morgan fingerprint density at radius 1 is 1.09 bits per heavy atom. The second kappa shape index (κ2) is 5.19. The molecule has 0 unspecified atom stereocenters. The largest absolute Gasteiger partial charge is 0.343 e. The van der Waals surface area contributed by atoms with Gasteiger partial charge >= 0.3 is 5.91 Å². The van der Waals surface area contributed by atoms with Crippen molar-refractivity contribution < 1.29 is 14.5 Å². The van der Waals surface area contributed by atoms with Gasteiger partial charge in [0.25, 0.3) is 5.84 Å². The van der Waals surface area contributed by atoms with Crippen LogP contribution >= 0.6 is 0 Å². The second-order valence-corrected chi connectivity index (χ2v) is 6.87. The Bertz CT molecular complexity index is 603. The van der Waals surface area contributed by atoms with Crippen molar-refractivity contribution >= 4 is 5.84 Å². The summed E-state index contributed by atoms with van der Waals surface area (Å²) in [4.78, 5) is 3.02. The fraction of sp³-hybridized carbons (Fsp3) is 0.824. The summed E-state index contributed by atoms with van der Waals surface area (Å²) in [5.41, 5.74) is 3.69. The summed E-state index contributed by atoms with van der Waals surface area (Å²) in [6.07, 6.45) is 5.53. The predicted molar refractivity (Wildman–Crippen MR) is 82.4 cm³/mol. The van der Waals surface area contributed by atoms with E-state index < -0.39 is 22.2 Å². The molecular formula is C17H25N4O2+. The SMILES string of the molecule is CCCCC1(CCCC)[C@]2(C#N)C3([NH+]=C(N)[C@]12C#N)OCCO3. The molecule has 6 heteroatoms. The Balaban J connectivity index is 2.15. The van der Waals surface area contributed by atoms with Crippen LogP contribution in [0, 0.1) is 38.9 Å². The van der Waals surface area contributed by atoms with Crippen molar-refractivity contribution in [1.29, 1.82) is 10.5 Å². The van der Waals surface area contributed by atoms with E-state index in [9.17, 15) is 10.5 Å². The van der Waals surface area contributed by atoms with Gasteiger partial charge < -0.3 is 9.47 Å². The van der Waals surface area contributed by atoms with Crippen LogP contribution in [0.15, 0.2) is 0 Å². The van der Waals surface area contributed by atoms with E-state index >= 15 is 0 Å². The molecule has 1 saturated heterocycles. The topological polar surface area (TPSA) is 106 Å². The quantitative estimate of drug-likeness (QED) is 0.743. The van der Waals surface area contributed by atoms with Gasteiger partial charge in [0.15, 0.2) is 10.8 Å². The average Bonchev–Trinajstić information content (AvgIpc) is 2.81. The maximum Gasteiger partial charge on any atom is 0.343 e. The molecule has 3 N–H and O–H groups in total. The van der Waals surface area contributed by atoms with Crippen molar-refractivity contribution in [3.63, 3.8) is 0 Å². The molecular weight excluding hydrogens is 292 g/mol. The van der Waals surface area contributed by atoms with Gasteiger partial charge in [-0.1, -0.05) is 39.5 Å². The van der Waals surface area contributed by atoms with Crippen molar-refractivity contribution in [2.45, 2.75) is 58.3 Å². The average molecular weight is 317 g/mol. The van der Waals surface area contributed by atoms with Crippen molar-refractivity contribution in [2.24, 2.45) is 22.0 Å². The summed E-state index contributed by atoms with van der Waals surface area (Å²) in [6.45, 7) is 5.05. The standard InChI is InChI=1S/C17H24N4O2/c1-3-5-7-14(8-6-4-2)15(11-18)13(20)21-17(16(14,15)12-19)22-9-10-23-17/h3-10H2,1-2H3,(H2,20,21)/p+1/t15-,16+/m1/s1. The minimum atomic E-state index is -1.26. The third-order valence-corrected chi connectivity index (χ3v) is 6.08. The Morgan fingerprint density at radius 3 is 2.09 bits per heavy atom. The second-order valence-electron chi connectivity index (χ2n) is 6.87. The first-order valence-electron chi connectivity index (χ1n) is 8.59. The molecule has 2 aliphatic heterocycles. The molecule has 1 saturated carbocycles. The van der Waals surface area contributed by atoms with E-state index in [2.05, 4.69) is 31.0 Å². The van der Waals surface area contributed by atoms with Crippen LogP contribution in [-0.4, -0.2) is 25.0 Å². The maximum atomic E-state index is 10.2. The highest BCUT2D eigenvalue weighted by Gasteiger charge is 3.03. The van der Waals surface area contributed by atoms with Crippen molar-refractivity contribution in [3.8, 4) is 12.1 Å². The van der Waals surface area contributed by atoms with E-state index in [0.29, 0.717) is 19.0 Å². The van der Waals surface area contributed by atoms with Gasteiger partial charge in [-0.25, -0.2) is 4.99 Å². The highest BCUT2D eigenvalue weighted by Crippen LogP contribution is 2.85. The minimum absolute atomic E-state index is 0.343. The number of fused-ring (bicyclic) bond motifs is 2. The molecule has 0 amide bonds. The molecule has 0 bridgehead atoms. The van der Waals surface area contributed by atoms with Gasteiger partial charge in [0.05, 0.1) is 25.4 Å². The summed E-state index contributed by atoms with van der Waals surface area (Å²) >= 11 is 0. The van der Waals surface area contributed by atoms with E-state index in [1.54, 1.807) is 0 Å². The minimum Gasteiger partial charge on any atom is -0.311 e. The normalized spacial score (nSPS) is 35.4. The first kappa shape index (κ1) is 16.2. The first-order valence-corrected chi connectivity index (χ1v) is 8.59. The zero-order valence-electron chi connectivity index (χ0n) is 13.9. The molecule has 6 nitrogen and oxygen atoms in total. The summed E-state index contributed by atoms with van der Waals surface area (Å²) in [7, 11) is 0. The van der Waals surface area contributed by atoms with Crippen molar-refractivity contribution in [3.05, 3.63) is 0 Å². The molecule has 0 aromatic carbocycles. The van der Waals surface area contributed by atoms with Gasteiger partial charge in [-0.15, -0.1) is 0 Å². The lowest BCUT2D eigenvalue weighted by Crippen LogP contribution is -2.90. The molecule has 124 valence electrons. The van der Waals surface area contributed by atoms with Crippen LogP contribution in [0.4, 0.5) is 0 Å². The number of nitriles is 2. The van der Waals surface area contributed by atoms with Crippen LogP contribution in [0.2, 0.25) is 0 Å². The lowest BCUT2D eigenvalue weighted by Gasteiger charge is -2.29. The molecule has 1 spiro atoms. The van der Waals surface area contributed by atoms with E-state index in [1.165, 1.54) is 0 Å². The summed E-state index contributed by atoms with van der Waals surface area (Å²) in [5.74, 6) is -0.918. The highest BCUT2D eigenvalue weighted by atomic mass is 16.8. The van der Waals surface area contributed by atoms with Gasteiger partial charge in [-0.05, 0) is 12.8 Å². The fourth-order valence-corrected chi connectivity index (χ4v) is 5.13.